The van der Waals surface area contributed by atoms with E-state index in [0.29, 0.717) is 6.54 Å². The van der Waals surface area contributed by atoms with Crippen LogP contribution in [0.25, 0.3) is 0 Å². The van der Waals surface area contributed by atoms with Crippen molar-refractivity contribution in [2.24, 2.45) is 0 Å². The number of hydrogen-bond donors (Lipinski definition) is 3. The maximum Gasteiger partial charge on any atom is 0.303 e. The van der Waals surface area contributed by atoms with Crippen molar-refractivity contribution in [2.75, 3.05) is 6.54 Å². The Hall–Kier alpha value is -0.650. The molecule has 0 fully saturated rings. The van der Waals surface area contributed by atoms with Crippen molar-refractivity contribution in [3.8, 4) is 0 Å². The largest absolute Gasteiger partial charge is 0.636 e. The molecule has 0 bridgehead atoms. The molecule has 0 rings (SSSR count). The fourth-order valence-corrected chi connectivity index (χ4v) is 3.16. The first kappa shape index (κ1) is 29.6. The summed E-state index contributed by atoms with van der Waals surface area (Å²) in [6.07, 6.45) is 22.5. The Balaban J connectivity index is 0. The number of unbranched alkanes of at least 4 members (excludes halogenated alkanes) is 15. The third kappa shape index (κ3) is 30.1. The first-order valence-corrected chi connectivity index (χ1v) is 11.9. The minimum Gasteiger partial charge on any atom is -0.636 e. The fourth-order valence-electron chi connectivity index (χ4n) is 3.16. The average molecular weight is 404 g/mol. The molecule has 0 aromatic heterocycles. The maximum absolute atomic E-state index is 10.2. The van der Waals surface area contributed by atoms with E-state index in [-0.39, 0.29) is 6.42 Å². The standard InChI is InChI=1S/C20H43NO2.C3H6O2/c1-2-3-4-5-6-7-8-9-10-11-12-13-14-15-16-17-18-20(22)19-21-23;1-2-3(4)5/h20,22H,2-19,21H2,1H3;2H2,1H3,(H,4,5). The number of hydroxylamine groups is 1. The van der Waals surface area contributed by atoms with Crippen LogP contribution in [-0.2, 0) is 4.79 Å². The van der Waals surface area contributed by atoms with Gasteiger partial charge in [-0.05, 0) is 6.42 Å². The molecule has 0 aromatic rings. The smallest absolute Gasteiger partial charge is 0.303 e. The zero-order valence-corrected chi connectivity index (χ0v) is 18.8. The molecule has 0 saturated carbocycles. The van der Waals surface area contributed by atoms with Gasteiger partial charge in [-0.3, -0.25) is 4.79 Å². The molecule has 0 spiro atoms. The molecule has 4 N–H and O–H groups in total. The summed E-state index contributed by atoms with van der Waals surface area (Å²) in [6.45, 7) is 4.18. The van der Waals surface area contributed by atoms with Crippen LogP contribution in [0.2, 0.25) is 0 Å². The van der Waals surface area contributed by atoms with E-state index in [0.717, 1.165) is 18.3 Å². The number of aliphatic hydroxyl groups is 1. The van der Waals surface area contributed by atoms with Crippen LogP contribution in [0.3, 0.4) is 0 Å². The number of carboxylic acid groups (broad SMARTS) is 1. The van der Waals surface area contributed by atoms with Gasteiger partial charge in [0.05, 0.1) is 0 Å². The van der Waals surface area contributed by atoms with Gasteiger partial charge >= 0.3 is 5.97 Å². The van der Waals surface area contributed by atoms with E-state index < -0.39 is 12.1 Å². The SMILES string of the molecule is CCC(=O)O.CCCCCCCCCCCCCCCCCCC(O)C[NH2+][O-]. The van der Waals surface area contributed by atoms with Gasteiger partial charge < -0.3 is 20.9 Å². The third-order valence-electron chi connectivity index (χ3n) is 5.06. The Morgan fingerprint density at radius 2 is 1.07 bits per heavy atom. The first-order valence-electron chi connectivity index (χ1n) is 11.9. The molecule has 1 atom stereocenters. The number of hydrogen-bond acceptors (Lipinski definition) is 3. The molecule has 0 radical (unpaired) electrons. The molecule has 0 aliphatic carbocycles. The van der Waals surface area contributed by atoms with Crippen molar-refractivity contribution in [2.45, 2.75) is 136 Å². The highest BCUT2D eigenvalue weighted by Crippen LogP contribution is 2.14. The van der Waals surface area contributed by atoms with Crippen LogP contribution in [0.4, 0.5) is 0 Å². The van der Waals surface area contributed by atoms with Crippen LogP contribution < -0.4 is 5.48 Å². The summed E-state index contributed by atoms with van der Waals surface area (Å²) in [6, 6.07) is 0. The Morgan fingerprint density at radius 1 is 0.750 bits per heavy atom. The molecule has 0 aromatic carbocycles. The predicted molar refractivity (Wildman–Crippen MR) is 118 cm³/mol. The summed E-state index contributed by atoms with van der Waals surface area (Å²) in [5.41, 5.74) is 0.817. The van der Waals surface area contributed by atoms with Crippen LogP contribution in [0.1, 0.15) is 129 Å². The molecule has 0 heterocycles. The number of aliphatic hydroxyl groups excluding tert-OH is 1. The van der Waals surface area contributed by atoms with Gasteiger partial charge in [-0.1, -0.05) is 117 Å². The second kappa shape index (κ2) is 26.4. The van der Waals surface area contributed by atoms with E-state index in [1.807, 2.05) is 0 Å². The minimum absolute atomic E-state index is 0.222. The lowest BCUT2D eigenvalue weighted by Crippen LogP contribution is -2.79. The lowest BCUT2D eigenvalue weighted by Gasteiger charge is -2.09. The molecule has 1 unspecified atom stereocenters. The minimum atomic E-state index is -0.745. The highest BCUT2D eigenvalue weighted by molar-refractivity contribution is 5.66. The summed E-state index contributed by atoms with van der Waals surface area (Å²) in [5.74, 6) is -0.745. The second-order valence-electron chi connectivity index (χ2n) is 7.90. The molecule has 5 heteroatoms. The molecular weight excluding hydrogens is 354 g/mol. The highest BCUT2D eigenvalue weighted by atomic mass is 16.5. The van der Waals surface area contributed by atoms with Crippen molar-refractivity contribution < 1.29 is 20.5 Å². The zero-order valence-electron chi connectivity index (χ0n) is 18.8. The van der Waals surface area contributed by atoms with Gasteiger partial charge in [0, 0.05) is 6.42 Å². The lowest BCUT2D eigenvalue weighted by atomic mass is 10.0. The van der Waals surface area contributed by atoms with Gasteiger partial charge in [0.15, 0.2) is 0 Å². The fraction of sp³-hybridized carbons (Fsp3) is 0.957. The summed E-state index contributed by atoms with van der Waals surface area (Å²) in [4.78, 5) is 9.37. The summed E-state index contributed by atoms with van der Waals surface area (Å²) >= 11 is 0. The molecular formula is C23H49NO4. The van der Waals surface area contributed by atoms with E-state index in [9.17, 15) is 15.1 Å². The summed E-state index contributed by atoms with van der Waals surface area (Å²) in [7, 11) is 0. The number of nitrogens with two attached hydrogens (primary N) is 1. The molecule has 170 valence electrons. The molecule has 0 saturated heterocycles. The van der Waals surface area contributed by atoms with Gasteiger partial charge in [-0.15, -0.1) is 0 Å². The van der Waals surface area contributed by atoms with Crippen LogP contribution in [-0.4, -0.2) is 28.8 Å². The van der Waals surface area contributed by atoms with Crippen molar-refractivity contribution in [3.63, 3.8) is 0 Å². The zero-order chi connectivity index (χ0) is 21.3. The molecule has 0 aliphatic rings. The Kier molecular flexibility index (Phi) is 27.8. The third-order valence-corrected chi connectivity index (χ3v) is 5.06. The molecule has 5 nitrogen and oxygen atoms in total. The van der Waals surface area contributed by atoms with E-state index in [1.165, 1.54) is 96.3 Å². The van der Waals surface area contributed by atoms with Crippen LogP contribution >= 0.6 is 0 Å². The van der Waals surface area contributed by atoms with Crippen molar-refractivity contribution in [3.05, 3.63) is 5.21 Å². The van der Waals surface area contributed by atoms with E-state index in [4.69, 9.17) is 5.11 Å². The van der Waals surface area contributed by atoms with Crippen molar-refractivity contribution >= 4 is 5.97 Å². The van der Waals surface area contributed by atoms with Crippen LogP contribution in [0, 0.1) is 5.21 Å². The van der Waals surface area contributed by atoms with Gasteiger partial charge in [0.1, 0.15) is 12.6 Å². The second-order valence-corrected chi connectivity index (χ2v) is 7.90. The summed E-state index contributed by atoms with van der Waals surface area (Å²) in [5, 5.41) is 27.4. The topological polar surface area (TPSA) is 97.2 Å². The molecule has 28 heavy (non-hydrogen) atoms. The number of carbonyl (C=O) groups is 1. The van der Waals surface area contributed by atoms with Gasteiger partial charge in [0.2, 0.25) is 0 Å². The van der Waals surface area contributed by atoms with E-state index in [2.05, 4.69) is 6.92 Å². The molecule has 0 amide bonds. The average Bonchev–Trinajstić information content (AvgIpc) is 2.68. The first-order chi connectivity index (χ1) is 13.6. The Bertz CT molecular complexity index is 300. The molecule has 0 aliphatic heterocycles. The Labute approximate surface area is 174 Å². The number of rotatable bonds is 20. The van der Waals surface area contributed by atoms with Gasteiger partial charge in [0.25, 0.3) is 0 Å². The van der Waals surface area contributed by atoms with E-state index in [1.54, 1.807) is 6.92 Å². The van der Waals surface area contributed by atoms with Crippen molar-refractivity contribution in [1.29, 1.82) is 0 Å². The normalized spacial score (nSPS) is 11.7. The predicted octanol–water partition coefficient (Wildman–Crippen LogP) is 5.54. The van der Waals surface area contributed by atoms with Crippen LogP contribution in [0.15, 0.2) is 0 Å². The van der Waals surface area contributed by atoms with E-state index >= 15 is 0 Å². The monoisotopic (exact) mass is 403 g/mol. The number of quaternary nitrogens is 1. The maximum atomic E-state index is 10.2. The lowest BCUT2D eigenvalue weighted by molar-refractivity contribution is -0.596. The number of carboxylic acids is 1. The quantitative estimate of drug-likeness (QED) is 0.184. The van der Waals surface area contributed by atoms with Gasteiger partial charge in [-0.25, -0.2) is 0 Å². The Morgan fingerprint density at radius 3 is 1.36 bits per heavy atom. The summed E-state index contributed by atoms with van der Waals surface area (Å²) < 4.78 is 0. The van der Waals surface area contributed by atoms with Crippen molar-refractivity contribution in [1.82, 2.24) is 0 Å². The van der Waals surface area contributed by atoms with Gasteiger partial charge in [-0.2, -0.15) is 0 Å². The highest BCUT2D eigenvalue weighted by Gasteiger charge is 2.02. The number of aliphatic carboxylic acids is 1. The van der Waals surface area contributed by atoms with Crippen LogP contribution in [0.5, 0.6) is 0 Å².